The van der Waals surface area contributed by atoms with Crippen molar-refractivity contribution < 1.29 is 14.8 Å². The maximum atomic E-state index is 11.2. The van der Waals surface area contributed by atoms with Crippen molar-refractivity contribution in [3.63, 3.8) is 0 Å². The Morgan fingerprint density at radius 2 is 2.50 bits per heavy atom. The van der Waals surface area contributed by atoms with Gasteiger partial charge in [0.25, 0.3) is 0 Å². The number of hydrogen-bond acceptors (Lipinski definition) is 4. The molecule has 1 saturated carbocycles. The second-order valence-corrected chi connectivity index (χ2v) is 4.05. The van der Waals surface area contributed by atoms with Gasteiger partial charge in [-0.3, -0.25) is 10.0 Å². The normalized spacial score (nSPS) is 35.2. The number of carbonyl (C=O) groups excluding carboxylic acids is 2. The fraction of sp³-hybridized carbons (Fsp3) is 0.667. The molecule has 1 aliphatic carbocycles. The van der Waals surface area contributed by atoms with Gasteiger partial charge in [-0.25, -0.2) is 10.3 Å². The third kappa shape index (κ3) is 1.35. The third-order valence-electron chi connectivity index (χ3n) is 3.13. The van der Waals surface area contributed by atoms with Gasteiger partial charge in [-0.2, -0.15) is 0 Å². The molecule has 1 amide bonds. The Hall–Kier alpha value is -1.16. The molecule has 5 nitrogen and oxygen atoms in total. The van der Waals surface area contributed by atoms with Gasteiger partial charge in [0, 0.05) is 24.1 Å². The van der Waals surface area contributed by atoms with Crippen molar-refractivity contribution in [2.75, 3.05) is 13.1 Å². The van der Waals surface area contributed by atoms with Gasteiger partial charge in [-0.05, 0) is 12.8 Å². The minimum atomic E-state index is -0.381. The average Bonchev–Trinajstić information content (AvgIpc) is 2.90. The molecular formula is C9H12N2O3. The number of hydroxylamine groups is 1. The number of carbonyl (C=O) groups is 1. The van der Waals surface area contributed by atoms with Crippen molar-refractivity contribution in [3.8, 4) is 0 Å². The first-order valence-corrected chi connectivity index (χ1v) is 4.61. The number of rotatable bonds is 1. The molecular weight excluding hydrogens is 184 g/mol. The molecule has 0 radical (unpaired) electrons. The molecule has 14 heavy (non-hydrogen) atoms. The fourth-order valence-electron chi connectivity index (χ4n) is 2.18. The van der Waals surface area contributed by atoms with Crippen LogP contribution >= 0.6 is 0 Å². The number of nitrogens with one attached hydrogen (secondary N) is 2. The first-order valence-electron chi connectivity index (χ1n) is 4.61. The summed E-state index contributed by atoms with van der Waals surface area (Å²) in [5.41, 5.74) is 2.27. The van der Waals surface area contributed by atoms with Gasteiger partial charge in [0.2, 0.25) is 5.91 Å². The fourth-order valence-corrected chi connectivity index (χ4v) is 2.18. The topological polar surface area (TPSA) is 78.4 Å². The molecule has 1 spiro atoms. The van der Waals surface area contributed by atoms with Gasteiger partial charge in [0.05, 0.1) is 5.92 Å². The van der Waals surface area contributed by atoms with Crippen LogP contribution in [-0.4, -0.2) is 30.1 Å². The molecule has 3 N–H and O–H groups in total. The van der Waals surface area contributed by atoms with Gasteiger partial charge in [-0.1, -0.05) is 0 Å². The number of piperidine rings is 1. The lowest BCUT2D eigenvalue weighted by atomic mass is 9.87. The maximum absolute atomic E-state index is 11.2. The quantitative estimate of drug-likeness (QED) is 0.293. The van der Waals surface area contributed by atoms with E-state index in [4.69, 9.17) is 5.21 Å². The van der Waals surface area contributed by atoms with E-state index in [1.807, 2.05) is 5.94 Å². The molecule has 0 aromatic carbocycles. The molecule has 0 aromatic rings. The van der Waals surface area contributed by atoms with Gasteiger partial charge < -0.3 is 5.32 Å². The Kier molecular flexibility index (Phi) is 2.15. The molecule has 2 atom stereocenters. The van der Waals surface area contributed by atoms with Crippen molar-refractivity contribution in [1.29, 1.82) is 0 Å². The molecule has 0 bridgehead atoms. The summed E-state index contributed by atoms with van der Waals surface area (Å²) in [6.07, 6.45) is 1.37. The lowest BCUT2D eigenvalue weighted by Gasteiger charge is -2.27. The van der Waals surface area contributed by atoms with Crippen LogP contribution in [-0.2, 0) is 9.59 Å². The number of amides is 1. The molecule has 2 fully saturated rings. The molecule has 2 aliphatic rings. The van der Waals surface area contributed by atoms with E-state index >= 15 is 0 Å². The summed E-state index contributed by atoms with van der Waals surface area (Å²) in [7, 11) is 0. The molecule has 1 saturated heterocycles. The molecule has 1 aliphatic heterocycles. The highest BCUT2D eigenvalue weighted by Gasteiger charge is 2.53. The van der Waals surface area contributed by atoms with Crippen LogP contribution in [0.2, 0.25) is 0 Å². The van der Waals surface area contributed by atoms with E-state index in [9.17, 15) is 9.59 Å². The maximum Gasteiger partial charge on any atom is 0.247 e. The summed E-state index contributed by atoms with van der Waals surface area (Å²) in [5.74, 6) is 1.28. The highest BCUT2D eigenvalue weighted by atomic mass is 16.5. The molecule has 76 valence electrons. The largest absolute Gasteiger partial charge is 0.315 e. The molecule has 0 aromatic heterocycles. The van der Waals surface area contributed by atoms with E-state index in [1.165, 1.54) is 0 Å². The van der Waals surface area contributed by atoms with Crippen LogP contribution in [0.5, 0.6) is 0 Å². The van der Waals surface area contributed by atoms with Crippen LogP contribution in [0.4, 0.5) is 0 Å². The Bertz CT molecular complexity index is 322. The van der Waals surface area contributed by atoms with Crippen LogP contribution in [0.15, 0.2) is 5.57 Å². The van der Waals surface area contributed by atoms with Crippen LogP contribution in [0.1, 0.15) is 12.8 Å². The highest BCUT2D eigenvalue weighted by molar-refractivity contribution is 5.78. The van der Waals surface area contributed by atoms with E-state index in [0.29, 0.717) is 13.0 Å². The predicted molar refractivity (Wildman–Crippen MR) is 47.2 cm³/mol. The summed E-state index contributed by atoms with van der Waals surface area (Å²) in [6, 6.07) is 0. The van der Waals surface area contributed by atoms with Gasteiger partial charge in [-0.15, -0.1) is 0 Å². The standard InChI is InChI=1S/C9H12N2O3/c12-4-7-2-9(7)1-6(3-10-5-9)8(13)11-14/h6,10,14H,1-3,5H2,(H,11,13). The van der Waals surface area contributed by atoms with E-state index in [-0.39, 0.29) is 17.2 Å². The van der Waals surface area contributed by atoms with Crippen molar-refractivity contribution in [1.82, 2.24) is 10.8 Å². The van der Waals surface area contributed by atoms with Crippen molar-refractivity contribution in [2.24, 2.45) is 11.3 Å². The minimum absolute atomic E-state index is 0.142. The lowest BCUT2D eigenvalue weighted by Crippen LogP contribution is -2.44. The average molecular weight is 196 g/mol. The zero-order chi connectivity index (χ0) is 10.2. The van der Waals surface area contributed by atoms with Gasteiger partial charge in [0.1, 0.15) is 5.94 Å². The molecule has 1 heterocycles. The molecule has 2 unspecified atom stereocenters. The van der Waals surface area contributed by atoms with E-state index in [0.717, 1.165) is 18.5 Å². The van der Waals surface area contributed by atoms with Crippen LogP contribution < -0.4 is 10.8 Å². The lowest BCUT2D eigenvalue weighted by molar-refractivity contribution is -0.134. The first kappa shape index (κ1) is 9.40. The van der Waals surface area contributed by atoms with Crippen molar-refractivity contribution >= 4 is 11.8 Å². The first-order chi connectivity index (χ1) is 6.72. The van der Waals surface area contributed by atoms with Crippen LogP contribution in [0.25, 0.3) is 0 Å². The summed E-state index contributed by atoms with van der Waals surface area (Å²) in [4.78, 5) is 21.6. The van der Waals surface area contributed by atoms with Gasteiger partial charge in [0.15, 0.2) is 0 Å². The Morgan fingerprint density at radius 3 is 3.07 bits per heavy atom. The van der Waals surface area contributed by atoms with E-state index in [1.54, 1.807) is 5.48 Å². The van der Waals surface area contributed by atoms with E-state index < -0.39 is 0 Å². The predicted octanol–water partition coefficient (Wildman–Crippen LogP) is -0.751. The zero-order valence-electron chi connectivity index (χ0n) is 7.67. The van der Waals surface area contributed by atoms with Crippen LogP contribution in [0.3, 0.4) is 0 Å². The van der Waals surface area contributed by atoms with Crippen LogP contribution in [0, 0.1) is 11.3 Å². The second kappa shape index (κ2) is 3.20. The smallest absolute Gasteiger partial charge is 0.247 e. The number of hydrogen-bond donors (Lipinski definition) is 3. The molecule has 2 rings (SSSR count). The van der Waals surface area contributed by atoms with Gasteiger partial charge >= 0.3 is 0 Å². The Labute approximate surface area is 81.1 Å². The second-order valence-electron chi connectivity index (χ2n) is 4.05. The van der Waals surface area contributed by atoms with E-state index in [2.05, 4.69) is 5.32 Å². The SMILES string of the molecule is O=C=C1CC12CNCC(C(=O)NO)C2. The summed E-state index contributed by atoms with van der Waals surface area (Å²) in [5, 5.41) is 11.6. The third-order valence-corrected chi connectivity index (χ3v) is 3.13. The summed E-state index contributed by atoms with van der Waals surface area (Å²) >= 11 is 0. The Balaban J connectivity index is 2.06. The summed E-state index contributed by atoms with van der Waals surface area (Å²) < 4.78 is 0. The molecule has 5 heteroatoms. The zero-order valence-corrected chi connectivity index (χ0v) is 7.67. The summed E-state index contributed by atoms with van der Waals surface area (Å²) in [6.45, 7) is 1.30. The minimum Gasteiger partial charge on any atom is -0.315 e. The monoisotopic (exact) mass is 196 g/mol. The van der Waals surface area contributed by atoms with Crippen molar-refractivity contribution in [3.05, 3.63) is 5.57 Å². The van der Waals surface area contributed by atoms with Crippen molar-refractivity contribution in [2.45, 2.75) is 12.8 Å². The highest BCUT2D eigenvalue weighted by Crippen LogP contribution is 2.55. The Morgan fingerprint density at radius 1 is 1.71 bits per heavy atom.